The van der Waals surface area contributed by atoms with Crippen molar-refractivity contribution in [3.63, 3.8) is 0 Å². The van der Waals surface area contributed by atoms with Crippen molar-refractivity contribution in [3.05, 3.63) is 11.6 Å². The Balaban J connectivity index is 1.78. The molecular formula is C21H26FIO4. The summed E-state index contributed by atoms with van der Waals surface area (Å²) in [6.07, 6.45) is 2.42. The average Bonchev–Trinajstić information content (AvgIpc) is 2.87. The van der Waals surface area contributed by atoms with Crippen LogP contribution in [0.4, 0.5) is 4.39 Å². The van der Waals surface area contributed by atoms with Gasteiger partial charge in [0, 0.05) is 29.6 Å². The zero-order valence-corrected chi connectivity index (χ0v) is 17.9. The van der Waals surface area contributed by atoms with E-state index in [1.54, 1.807) is 0 Å². The lowest BCUT2D eigenvalue weighted by Crippen LogP contribution is -2.61. The third kappa shape index (κ3) is 2.44. The summed E-state index contributed by atoms with van der Waals surface area (Å²) in [5.41, 5.74) is -2.45. The van der Waals surface area contributed by atoms with Gasteiger partial charge in [-0.1, -0.05) is 36.4 Å². The van der Waals surface area contributed by atoms with Gasteiger partial charge in [0.1, 0.15) is 17.6 Å². The van der Waals surface area contributed by atoms with Crippen molar-refractivity contribution < 1.29 is 23.9 Å². The van der Waals surface area contributed by atoms with Crippen molar-refractivity contribution in [2.75, 3.05) is 4.43 Å². The molecule has 1 unspecified atom stereocenters. The zero-order valence-electron chi connectivity index (χ0n) is 15.8. The molecule has 0 saturated heterocycles. The van der Waals surface area contributed by atoms with Gasteiger partial charge >= 0.3 is 0 Å². The number of ketones is 3. The maximum atomic E-state index is 15.2. The van der Waals surface area contributed by atoms with E-state index in [9.17, 15) is 19.5 Å². The fraction of sp³-hybridized carbons (Fsp3) is 0.762. The Morgan fingerprint density at radius 3 is 2.70 bits per heavy atom. The van der Waals surface area contributed by atoms with E-state index in [1.165, 1.54) is 6.08 Å². The summed E-state index contributed by atoms with van der Waals surface area (Å²) in [7, 11) is 0. The molecule has 0 spiro atoms. The van der Waals surface area contributed by atoms with Crippen molar-refractivity contribution in [1.82, 2.24) is 0 Å². The number of aliphatic hydroxyl groups is 1. The van der Waals surface area contributed by atoms with E-state index in [4.69, 9.17) is 0 Å². The van der Waals surface area contributed by atoms with Crippen molar-refractivity contribution in [2.24, 2.45) is 28.6 Å². The van der Waals surface area contributed by atoms with E-state index >= 15 is 4.39 Å². The Bertz CT molecular complexity index is 763. The van der Waals surface area contributed by atoms with Crippen LogP contribution in [0.2, 0.25) is 0 Å². The van der Waals surface area contributed by atoms with Gasteiger partial charge in [-0.3, -0.25) is 14.4 Å². The minimum Gasteiger partial charge on any atom is -0.381 e. The van der Waals surface area contributed by atoms with Crippen LogP contribution in [0.3, 0.4) is 0 Å². The van der Waals surface area contributed by atoms with E-state index < -0.39 is 22.6 Å². The van der Waals surface area contributed by atoms with Gasteiger partial charge in [0.2, 0.25) is 0 Å². The van der Waals surface area contributed by atoms with Gasteiger partial charge in [-0.05, 0) is 49.2 Å². The lowest BCUT2D eigenvalue weighted by molar-refractivity contribution is -0.168. The Labute approximate surface area is 172 Å². The second-order valence-corrected chi connectivity index (χ2v) is 10.2. The molecule has 6 heteroatoms. The van der Waals surface area contributed by atoms with E-state index in [0.29, 0.717) is 31.3 Å². The summed E-state index contributed by atoms with van der Waals surface area (Å²) in [6.45, 7) is 3.79. The maximum Gasteiger partial charge on any atom is 0.174 e. The highest BCUT2D eigenvalue weighted by Gasteiger charge is 2.69. The Morgan fingerprint density at radius 1 is 1.33 bits per heavy atom. The number of carbonyl (C=O) groups is 3. The number of halogens is 2. The summed E-state index contributed by atoms with van der Waals surface area (Å²) in [6, 6.07) is 0. The number of hydrogen-bond acceptors (Lipinski definition) is 4. The molecule has 7 atom stereocenters. The molecule has 27 heavy (non-hydrogen) atoms. The number of carbonyl (C=O) groups excluding carboxylic acids is 3. The summed E-state index contributed by atoms with van der Waals surface area (Å²) in [4.78, 5) is 37.8. The van der Waals surface area contributed by atoms with Crippen molar-refractivity contribution in [3.8, 4) is 0 Å². The molecular weight excluding hydrogens is 462 g/mol. The lowest BCUT2D eigenvalue weighted by Gasteiger charge is -2.58. The summed E-state index contributed by atoms with van der Waals surface area (Å²) in [5.74, 6) is -0.806. The van der Waals surface area contributed by atoms with Crippen molar-refractivity contribution >= 4 is 39.9 Å². The quantitative estimate of drug-likeness (QED) is 0.478. The second-order valence-electron chi connectivity index (χ2n) is 9.45. The van der Waals surface area contributed by atoms with Gasteiger partial charge in [-0.15, -0.1) is 0 Å². The zero-order chi connectivity index (χ0) is 19.8. The number of rotatable bonds is 2. The predicted octanol–water partition coefficient (Wildman–Crippen LogP) is 3.38. The molecule has 0 radical (unpaired) electrons. The van der Waals surface area contributed by atoms with Crippen LogP contribution in [0.1, 0.15) is 52.4 Å². The fourth-order valence-corrected chi connectivity index (χ4v) is 7.60. The molecule has 1 N–H and O–H groups in total. The molecule has 4 rings (SSSR count). The first kappa shape index (κ1) is 19.7. The molecule has 0 aromatic heterocycles. The Kier molecular flexibility index (Phi) is 4.50. The van der Waals surface area contributed by atoms with Crippen molar-refractivity contribution in [2.45, 2.75) is 64.1 Å². The Morgan fingerprint density at radius 2 is 2.04 bits per heavy atom. The monoisotopic (exact) mass is 488 g/mol. The molecule has 4 aliphatic rings. The summed E-state index contributed by atoms with van der Waals surface area (Å²) in [5, 5.41) is 11.3. The molecule has 0 aromatic carbocycles. The minimum absolute atomic E-state index is 0.0231. The molecule has 3 fully saturated rings. The van der Waals surface area contributed by atoms with Gasteiger partial charge in [0.15, 0.2) is 11.6 Å². The number of allylic oxidation sites excluding steroid dienone is 1. The van der Waals surface area contributed by atoms with Gasteiger partial charge in [-0.25, -0.2) is 4.39 Å². The van der Waals surface area contributed by atoms with Crippen LogP contribution in [-0.4, -0.2) is 38.7 Å². The fourth-order valence-electron chi connectivity index (χ4n) is 6.97. The first-order valence-electron chi connectivity index (χ1n) is 9.82. The van der Waals surface area contributed by atoms with Crippen LogP contribution in [0, 0.1) is 28.6 Å². The maximum absolute atomic E-state index is 15.2. The topological polar surface area (TPSA) is 71.4 Å². The molecule has 0 amide bonds. The average molecular weight is 488 g/mol. The summed E-state index contributed by atoms with van der Waals surface area (Å²) < 4.78 is 15.4. The van der Waals surface area contributed by atoms with Gasteiger partial charge < -0.3 is 5.11 Å². The van der Waals surface area contributed by atoms with Crippen molar-refractivity contribution in [1.29, 1.82) is 0 Å². The normalized spacial score (nSPS) is 49.1. The van der Waals surface area contributed by atoms with Gasteiger partial charge in [-0.2, -0.15) is 0 Å². The van der Waals surface area contributed by atoms with E-state index in [-0.39, 0.29) is 52.4 Å². The smallest absolute Gasteiger partial charge is 0.174 e. The van der Waals surface area contributed by atoms with Crippen LogP contribution in [0.5, 0.6) is 0 Å². The number of alkyl halides is 2. The second kappa shape index (κ2) is 6.18. The molecule has 0 bridgehead atoms. The predicted molar refractivity (Wildman–Crippen MR) is 106 cm³/mol. The van der Waals surface area contributed by atoms with Crippen LogP contribution in [-0.2, 0) is 14.4 Å². The van der Waals surface area contributed by atoms with E-state index in [0.717, 1.165) is 0 Å². The number of hydrogen-bond donors (Lipinski definition) is 1. The van der Waals surface area contributed by atoms with Crippen LogP contribution < -0.4 is 0 Å². The summed E-state index contributed by atoms with van der Waals surface area (Å²) >= 11 is 1.96. The van der Waals surface area contributed by atoms with Crippen LogP contribution in [0.15, 0.2) is 11.6 Å². The minimum atomic E-state index is -1.50. The van der Waals surface area contributed by atoms with Gasteiger partial charge in [0.25, 0.3) is 0 Å². The Hall–Kier alpha value is -0.630. The first-order chi connectivity index (χ1) is 12.6. The third-order valence-corrected chi connectivity index (χ3v) is 9.06. The lowest BCUT2D eigenvalue weighted by atomic mass is 9.45. The molecule has 0 aromatic rings. The third-order valence-electron chi connectivity index (χ3n) is 8.37. The molecule has 148 valence electrons. The highest BCUT2D eigenvalue weighted by Crippen LogP contribution is 2.66. The molecule has 0 heterocycles. The molecule has 3 saturated carbocycles. The molecule has 4 aliphatic carbocycles. The number of Topliss-reactive ketones (excluding diaryl/α,β-unsaturated/α-hetero) is 2. The largest absolute Gasteiger partial charge is 0.381 e. The standard InChI is InChI=1S/C21H26FIO4/c1-19-5-3-11(24)7-14(19)15(22)8-12-13-4-6-21(27,17(26)10-23)20(13,2)9-16(25)18(12)19/h7,12-13,15,18,27H,3-6,8-10H2,1-2H3/t12-,13-,15?,18+,19-,20-,21-/m0/s1. The van der Waals surface area contributed by atoms with Crippen LogP contribution in [0.25, 0.3) is 0 Å². The SMILES string of the molecule is C[C@]12CCC(=O)C=C1C(F)C[C@@H]1[C@@H]2C(=O)C[C@@]2(C)[C@H]1CC[C@]2(O)C(=O)CI. The highest BCUT2D eigenvalue weighted by molar-refractivity contribution is 14.1. The highest BCUT2D eigenvalue weighted by atomic mass is 127. The molecule has 0 aliphatic heterocycles. The number of fused-ring (bicyclic) bond motifs is 5. The van der Waals surface area contributed by atoms with Crippen LogP contribution >= 0.6 is 22.6 Å². The molecule has 4 nitrogen and oxygen atoms in total. The van der Waals surface area contributed by atoms with E-state index in [2.05, 4.69) is 0 Å². The first-order valence-corrected chi connectivity index (χ1v) is 11.3. The van der Waals surface area contributed by atoms with Gasteiger partial charge in [0.05, 0.1) is 4.43 Å². The van der Waals surface area contributed by atoms with E-state index in [1.807, 2.05) is 36.4 Å².